The lowest BCUT2D eigenvalue weighted by molar-refractivity contribution is -0.115. The summed E-state index contributed by atoms with van der Waals surface area (Å²) in [5.74, 6) is -5.75. The summed E-state index contributed by atoms with van der Waals surface area (Å²) >= 11 is 0. The fourth-order valence-corrected chi connectivity index (χ4v) is 2.38. The van der Waals surface area contributed by atoms with Gasteiger partial charge in [-0.05, 0) is 12.8 Å². The zero-order valence-corrected chi connectivity index (χ0v) is 13.9. The van der Waals surface area contributed by atoms with E-state index in [1.54, 1.807) is 0 Å². The lowest BCUT2D eigenvalue weighted by Crippen LogP contribution is -2.37. The minimum Gasteiger partial charge on any atom is -0.380 e. The van der Waals surface area contributed by atoms with E-state index in [9.17, 15) is 31.4 Å². The number of halogens is 6. The monoisotopic (exact) mass is 384 g/mol. The number of anilines is 1. The van der Waals surface area contributed by atoms with Crippen molar-refractivity contribution in [2.45, 2.75) is 57.2 Å². The number of rotatable bonds is 6. The van der Waals surface area contributed by atoms with Gasteiger partial charge in [0.2, 0.25) is 5.95 Å². The third-order valence-electron chi connectivity index (χ3n) is 3.79. The average Bonchev–Trinajstić information content (AvgIpc) is 2.55. The zero-order chi connectivity index (χ0) is 19.5. The number of aliphatic hydroxyl groups excluding tert-OH is 1. The maximum absolute atomic E-state index is 14.2. The van der Waals surface area contributed by atoms with Crippen molar-refractivity contribution in [2.75, 3.05) is 11.9 Å². The Morgan fingerprint density at radius 1 is 1.23 bits per heavy atom. The van der Waals surface area contributed by atoms with Crippen molar-refractivity contribution in [3.63, 3.8) is 0 Å². The van der Waals surface area contributed by atoms with Crippen molar-refractivity contribution in [1.29, 1.82) is 0 Å². The van der Waals surface area contributed by atoms with Crippen LogP contribution in [0.25, 0.3) is 5.57 Å². The molecule has 0 saturated heterocycles. The molecule has 1 aliphatic rings. The van der Waals surface area contributed by atoms with E-state index in [0.717, 1.165) is 6.42 Å². The lowest BCUT2D eigenvalue weighted by Gasteiger charge is -2.27. The van der Waals surface area contributed by atoms with Gasteiger partial charge in [-0.3, -0.25) is 0 Å². The molecule has 0 unspecified atom stereocenters. The minimum atomic E-state index is -4.52. The van der Waals surface area contributed by atoms with Crippen LogP contribution in [0.3, 0.4) is 0 Å². The molecule has 26 heavy (non-hydrogen) atoms. The standard InChI is InChI=1S/C15H18F6N4O/c1-2-3-4-9-23-12(25-13(24-9)22-7-15(19,20)21)8-5-6-14(17,18)11(26)10(8)16/h11,26H,2-7H2,1H3,(H,22,23,24,25)/t11-/m0/s1. The maximum atomic E-state index is 14.2. The summed E-state index contributed by atoms with van der Waals surface area (Å²) in [6, 6.07) is 0. The van der Waals surface area contributed by atoms with Crippen molar-refractivity contribution in [2.24, 2.45) is 0 Å². The van der Waals surface area contributed by atoms with Crippen LogP contribution in [-0.2, 0) is 6.42 Å². The lowest BCUT2D eigenvalue weighted by atomic mass is 9.92. The highest BCUT2D eigenvalue weighted by atomic mass is 19.4. The van der Waals surface area contributed by atoms with Gasteiger partial charge in [-0.2, -0.15) is 23.1 Å². The molecule has 1 aliphatic carbocycles. The van der Waals surface area contributed by atoms with Crippen LogP contribution < -0.4 is 5.32 Å². The largest absolute Gasteiger partial charge is 0.405 e. The van der Waals surface area contributed by atoms with Crippen LogP contribution in [0.5, 0.6) is 0 Å². The molecule has 0 saturated carbocycles. The quantitative estimate of drug-likeness (QED) is 0.733. The number of nitrogens with zero attached hydrogens (tertiary/aromatic N) is 3. The Kier molecular flexibility index (Phi) is 6.09. The third kappa shape index (κ3) is 5.05. The summed E-state index contributed by atoms with van der Waals surface area (Å²) in [6.45, 7) is 0.471. The number of aryl methyl sites for hydroxylation is 1. The Labute approximate surface area is 145 Å². The fraction of sp³-hybridized carbons (Fsp3) is 0.667. The van der Waals surface area contributed by atoms with Gasteiger partial charge in [0, 0.05) is 18.4 Å². The fourth-order valence-electron chi connectivity index (χ4n) is 2.38. The van der Waals surface area contributed by atoms with Crippen molar-refractivity contribution < 1.29 is 31.4 Å². The predicted molar refractivity (Wildman–Crippen MR) is 81.2 cm³/mol. The Morgan fingerprint density at radius 2 is 1.92 bits per heavy atom. The summed E-state index contributed by atoms with van der Waals surface area (Å²) in [5.41, 5.74) is -0.348. The topological polar surface area (TPSA) is 70.9 Å². The molecule has 5 nitrogen and oxygen atoms in total. The van der Waals surface area contributed by atoms with Gasteiger partial charge in [0.25, 0.3) is 5.92 Å². The Balaban J connectivity index is 2.38. The molecule has 11 heteroatoms. The first-order chi connectivity index (χ1) is 12.0. The Hall–Kier alpha value is -1.91. The van der Waals surface area contributed by atoms with Gasteiger partial charge >= 0.3 is 6.18 Å². The van der Waals surface area contributed by atoms with Gasteiger partial charge in [-0.1, -0.05) is 13.3 Å². The smallest absolute Gasteiger partial charge is 0.380 e. The molecule has 0 aromatic carbocycles. The average molecular weight is 384 g/mol. The van der Waals surface area contributed by atoms with E-state index in [-0.39, 0.29) is 17.2 Å². The number of nitrogens with one attached hydrogen (secondary N) is 1. The first-order valence-corrected chi connectivity index (χ1v) is 8.04. The van der Waals surface area contributed by atoms with Gasteiger partial charge in [-0.15, -0.1) is 0 Å². The number of unbranched alkanes of at least 4 members (excludes halogenated alkanes) is 1. The molecule has 1 heterocycles. The van der Waals surface area contributed by atoms with E-state index >= 15 is 0 Å². The van der Waals surface area contributed by atoms with E-state index < -0.39 is 49.4 Å². The molecule has 146 valence electrons. The molecule has 1 aromatic rings. The summed E-state index contributed by atoms with van der Waals surface area (Å²) in [4.78, 5) is 11.5. The minimum absolute atomic E-state index is 0.119. The van der Waals surface area contributed by atoms with Crippen LogP contribution in [0.15, 0.2) is 5.83 Å². The molecule has 0 spiro atoms. The predicted octanol–water partition coefficient (Wildman–Crippen LogP) is 3.66. The van der Waals surface area contributed by atoms with Gasteiger partial charge in [0.15, 0.2) is 11.9 Å². The second-order valence-corrected chi connectivity index (χ2v) is 5.96. The van der Waals surface area contributed by atoms with Crippen molar-refractivity contribution in [3.05, 3.63) is 17.5 Å². The Bertz CT molecular complexity index is 677. The summed E-state index contributed by atoms with van der Waals surface area (Å²) in [7, 11) is 0. The van der Waals surface area contributed by atoms with Gasteiger partial charge in [0.05, 0.1) is 0 Å². The van der Waals surface area contributed by atoms with Crippen molar-refractivity contribution in [3.8, 4) is 0 Å². The highest BCUT2D eigenvalue weighted by molar-refractivity contribution is 5.65. The van der Waals surface area contributed by atoms with E-state index in [2.05, 4.69) is 15.0 Å². The number of aliphatic hydroxyl groups is 1. The molecule has 2 N–H and O–H groups in total. The van der Waals surface area contributed by atoms with Crippen molar-refractivity contribution in [1.82, 2.24) is 15.0 Å². The van der Waals surface area contributed by atoms with Crippen LogP contribution in [-0.4, -0.2) is 44.8 Å². The molecular formula is C15H18F6N4O. The zero-order valence-electron chi connectivity index (χ0n) is 13.9. The molecule has 0 aliphatic heterocycles. The van der Waals surface area contributed by atoms with Gasteiger partial charge in [-0.25, -0.2) is 18.2 Å². The van der Waals surface area contributed by atoms with Crippen LogP contribution in [0.1, 0.15) is 44.3 Å². The van der Waals surface area contributed by atoms with Gasteiger partial charge in [0.1, 0.15) is 18.2 Å². The molecule has 0 fully saturated rings. The second-order valence-electron chi connectivity index (χ2n) is 5.96. The number of hydrogen-bond donors (Lipinski definition) is 2. The Morgan fingerprint density at radius 3 is 2.54 bits per heavy atom. The second kappa shape index (κ2) is 7.77. The number of allylic oxidation sites excluding steroid dienone is 1. The molecule has 0 bridgehead atoms. The molecule has 1 aromatic heterocycles. The highest BCUT2D eigenvalue weighted by Gasteiger charge is 2.46. The third-order valence-corrected chi connectivity index (χ3v) is 3.79. The van der Waals surface area contributed by atoms with E-state index in [0.29, 0.717) is 12.8 Å². The first-order valence-electron chi connectivity index (χ1n) is 8.04. The molecule has 1 atom stereocenters. The van der Waals surface area contributed by atoms with E-state index in [4.69, 9.17) is 0 Å². The van der Waals surface area contributed by atoms with Crippen molar-refractivity contribution >= 4 is 11.5 Å². The first kappa shape index (κ1) is 20.4. The summed E-state index contributed by atoms with van der Waals surface area (Å²) in [5, 5.41) is 11.4. The maximum Gasteiger partial charge on any atom is 0.405 e. The summed E-state index contributed by atoms with van der Waals surface area (Å²) in [6.07, 6.45) is -6.73. The number of aromatic nitrogens is 3. The van der Waals surface area contributed by atoms with E-state index in [1.165, 1.54) is 0 Å². The molecule has 0 radical (unpaired) electrons. The SMILES string of the molecule is CCCCc1nc(NCC(F)(F)F)nc(C2=C(F)[C@H](O)C(F)(F)CC2)n1. The molecular weight excluding hydrogens is 366 g/mol. The van der Waals surface area contributed by atoms with Crippen LogP contribution in [0, 0.1) is 0 Å². The van der Waals surface area contributed by atoms with Gasteiger partial charge < -0.3 is 10.4 Å². The number of hydrogen-bond acceptors (Lipinski definition) is 5. The van der Waals surface area contributed by atoms with E-state index in [1.807, 2.05) is 12.2 Å². The van der Waals surface area contributed by atoms with Crippen LogP contribution in [0.4, 0.5) is 32.3 Å². The summed E-state index contributed by atoms with van der Waals surface area (Å²) < 4.78 is 78.1. The van der Waals surface area contributed by atoms with Crippen LogP contribution in [0.2, 0.25) is 0 Å². The number of alkyl halides is 5. The van der Waals surface area contributed by atoms with Crippen LogP contribution >= 0.6 is 0 Å². The molecule has 2 rings (SSSR count). The normalized spacial score (nSPS) is 20.4. The molecule has 0 amide bonds. The highest BCUT2D eigenvalue weighted by Crippen LogP contribution is 2.40.